The van der Waals surface area contributed by atoms with Gasteiger partial charge in [-0.05, 0) is 44.0 Å². The molecule has 0 heterocycles. The van der Waals surface area contributed by atoms with E-state index in [2.05, 4.69) is 47.7 Å². The molecule has 0 spiro atoms. The number of ketones is 1. The van der Waals surface area contributed by atoms with E-state index in [1.54, 1.807) is 6.08 Å². The Balaban J connectivity index is 4.91. The largest absolute Gasteiger partial charge is 0.405 e. The number of allylic oxidation sites excluding steroid dienone is 1. The van der Waals surface area contributed by atoms with E-state index in [4.69, 9.17) is 4.43 Å². The van der Waals surface area contributed by atoms with Crippen LogP contribution >= 0.6 is 0 Å². The quantitative estimate of drug-likeness (QED) is 0.540. The van der Waals surface area contributed by atoms with E-state index in [1.807, 2.05) is 19.9 Å². The van der Waals surface area contributed by atoms with Crippen LogP contribution in [0, 0.1) is 5.92 Å². The molecule has 0 fully saturated rings. The van der Waals surface area contributed by atoms with Crippen LogP contribution in [-0.2, 0) is 9.22 Å². The number of hydrogen-bond acceptors (Lipinski definition) is 2. The summed E-state index contributed by atoms with van der Waals surface area (Å²) in [4.78, 5) is 12.2. The summed E-state index contributed by atoms with van der Waals surface area (Å²) >= 11 is 0. The second-order valence-corrected chi connectivity index (χ2v) is 12.1. The van der Waals surface area contributed by atoms with Crippen molar-refractivity contribution >= 4 is 14.1 Å². The highest BCUT2D eigenvalue weighted by Crippen LogP contribution is 2.39. The minimum atomic E-state index is -1.91. The van der Waals surface area contributed by atoms with Crippen molar-refractivity contribution < 1.29 is 9.22 Å². The van der Waals surface area contributed by atoms with Crippen molar-refractivity contribution in [1.82, 2.24) is 0 Å². The molecule has 0 aromatic rings. The molecule has 0 aromatic carbocycles. The zero-order valence-corrected chi connectivity index (χ0v) is 14.5. The van der Waals surface area contributed by atoms with Crippen molar-refractivity contribution in [2.45, 2.75) is 72.2 Å². The van der Waals surface area contributed by atoms with E-state index in [0.717, 1.165) is 0 Å². The van der Waals surface area contributed by atoms with Gasteiger partial charge >= 0.3 is 0 Å². The average Bonchev–Trinajstić information content (AvgIpc) is 2.10. The molecule has 0 bridgehead atoms. The SMILES string of the molecule is CC(C)/C=C/C(=O)C(C)(C)O[Si](C)(C)C(C)(C)C. The molecule has 0 saturated carbocycles. The van der Waals surface area contributed by atoms with Gasteiger partial charge in [-0.2, -0.15) is 0 Å². The van der Waals surface area contributed by atoms with Gasteiger partial charge in [0.25, 0.3) is 0 Å². The Labute approximate surface area is 114 Å². The van der Waals surface area contributed by atoms with Gasteiger partial charge in [0.2, 0.25) is 0 Å². The van der Waals surface area contributed by atoms with Crippen LogP contribution in [0.25, 0.3) is 0 Å². The van der Waals surface area contributed by atoms with Gasteiger partial charge in [-0.1, -0.05) is 40.7 Å². The molecule has 0 radical (unpaired) electrons. The summed E-state index contributed by atoms with van der Waals surface area (Å²) < 4.78 is 6.22. The molecule has 0 N–H and O–H groups in total. The summed E-state index contributed by atoms with van der Waals surface area (Å²) in [6, 6.07) is 0. The maximum Gasteiger partial charge on any atom is 0.193 e. The lowest BCUT2D eigenvalue weighted by Gasteiger charge is -2.41. The maximum absolute atomic E-state index is 12.2. The summed E-state index contributed by atoms with van der Waals surface area (Å²) in [5.41, 5.74) is -0.728. The van der Waals surface area contributed by atoms with Gasteiger partial charge in [-0.25, -0.2) is 0 Å². The van der Waals surface area contributed by atoms with Gasteiger partial charge in [0, 0.05) is 0 Å². The Kier molecular flexibility index (Phi) is 5.57. The molecule has 0 aliphatic rings. The summed E-state index contributed by atoms with van der Waals surface area (Å²) in [6.07, 6.45) is 3.59. The first kappa shape index (κ1) is 17.6. The molecule has 0 amide bonds. The minimum Gasteiger partial charge on any atom is -0.405 e. The van der Waals surface area contributed by atoms with Gasteiger partial charge in [0.1, 0.15) is 5.60 Å². The molecule has 0 unspecified atom stereocenters. The fourth-order valence-corrected chi connectivity index (χ4v) is 3.00. The molecular formula is C15H30O2Si. The molecule has 0 atom stereocenters. The fourth-order valence-electron chi connectivity index (χ4n) is 1.32. The van der Waals surface area contributed by atoms with E-state index in [0.29, 0.717) is 5.92 Å². The van der Waals surface area contributed by atoms with Crippen molar-refractivity contribution in [3.8, 4) is 0 Å². The lowest BCUT2D eigenvalue weighted by molar-refractivity contribution is -0.127. The Morgan fingerprint density at radius 2 is 1.56 bits per heavy atom. The fraction of sp³-hybridized carbons (Fsp3) is 0.800. The highest BCUT2D eigenvalue weighted by Gasteiger charge is 2.43. The number of hydrogen-bond donors (Lipinski definition) is 0. The van der Waals surface area contributed by atoms with Gasteiger partial charge < -0.3 is 4.43 Å². The van der Waals surface area contributed by atoms with Gasteiger partial charge in [0.05, 0.1) is 0 Å². The molecular weight excluding hydrogens is 240 g/mol. The highest BCUT2D eigenvalue weighted by atomic mass is 28.4. The van der Waals surface area contributed by atoms with Crippen LogP contribution < -0.4 is 0 Å². The summed E-state index contributed by atoms with van der Waals surface area (Å²) in [5.74, 6) is 0.443. The second-order valence-electron chi connectivity index (χ2n) is 7.34. The van der Waals surface area contributed by atoms with E-state index >= 15 is 0 Å². The smallest absolute Gasteiger partial charge is 0.193 e. The van der Waals surface area contributed by atoms with E-state index in [9.17, 15) is 4.79 Å². The normalized spacial score (nSPS) is 14.6. The molecule has 0 saturated heterocycles. The number of carbonyl (C=O) groups excluding carboxylic acids is 1. The average molecular weight is 270 g/mol. The van der Waals surface area contributed by atoms with Gasteiger partial charge in [0.15, 0.2) is 14.1 Å². The van der Waals surface area contributed by atoms with Crippen molar-refractivity contribution in [3.63, 3.8) is 0 Å². The highest BCUT2D eigenvalue weighted by molar-refractivity contribution is 6.74. The Morgan fingerprint density at radius 3 is 1.89 bits per heavy atom. The van der Waals surface area contributed by atoms with Crippen LogP contribution in [0.1, 0.15) is 48.5 Å². The van der Waals surface area contributed by atoms with Crippen LogP contribution in [-0.4, -0.2) is 19.7 Å². The standard InChI is InChI=1S/C15H30O2Si/c1-12(2)10-11-13(16)15(6,7)17-18(8,9)14(3,4)5/h10-12H,1-9H3/b11-10+. The van der Waals surface area contributed by atoms with Crippen molar-refractivity contribution in [2.24, 2.45) is 5.92 Å². The van der Waals surface area contributed by atoms with Crippen LogP contribution in [0.15, 0.2) is 12.2 Å². The third-order valence-electron chi connectivity index (χ3n) is 3.54. The molecule has 0 aliphatic heterocycles. The van der Waals surface area contributed by atoms with Gasteiger partial charge in [-0.3, -0.25) is 4.79 Å². The lowest BCUT2D eigenvalue weighted by Crippen LogP contribution is -2.50. The number of carbonyl (C=O) groups is 1. The predicted molar refractivity (Wildman–Crippen MR) is 81.3 cm³/mol. The van der Waals surface area contributed by atoms with E-state index in [1.165, 1.54) is 0 Å². The van der Waals surface area contributed by atoms with E-state index < -0.39 is 13.9 Å². The monoisotopic (exact) mass is 270 g/mol. The topological polar surface area (TPSA) is 26.3 Å². The van der Waals surface area contributed by atoms with Crippen LogP contribution in [0.3, 0.4) is 0 Å². The Hall–Kier alpha value is -0.413. The van der Waals surface area contributed by atoms with E-state index in [-0.39, 0.29) is 10.8 Å². The third kappa shape index (κ3) is 5.07. The lowest BCUT2D eigenvalue weighted by atomic mass is 10.0. The van der Waals surface area contributed by atoms with Crippen molar-refractivity contribution in [2.75, 3.05) is 0 Å². The summed E-state index contributed by atoms with van der Waals surface area (Å²) in [7, 11) is -1.91. The predicted octanol–water partition coefficient (Wildman–Crippen LogP) is 4.57. The zero-order chi connectivity index (χ0) is 14.8. The second kappa shape index (κ2) is 5.70. The van der Waals surface area contributed by atoms with Crippen LogP contribution in [0.5, 0.6) is 0 Å². The molecule has 18 heavy (non-hydrogen) atoms. The third-order valence-corrected chi connectivity index (χ3v) is 8.18. The molecule has 0 aliphatic carbocycles. The zero-order valence-electron chi connectivity index (χ0n) is 13.5. The molecule has 3 heteroatoms. The first-order chi connectivity index (χ1) is 7.79. The molecule has 2 nitrogen and oxygen atoms in total. The number of rotatable bonds is 5. The van der Waals surface area contributed by atoms with Gasteiger partial charge in [-0.15, -0.1) is 0 Å². The Morgan fingerprint density at radius 1 is 1.11 bits per heavy atom. The van der Waals surface area contributed by atoms with Crippen molar-refractivity contribution in [3.05, 3.63) is 12.2 Å². The molecule has 0 rings (SSSR count). The maximum atomic E-state index is 12.2. The van der Waals surface area contributed by atoms with Crippen molar-refractivity contribution in [1.29, 1.82) is 0 Å². The van der Waals surface area contributed by atoms with Crippen LogP contribution in [0.2, 0.25) is 18.1 Å². The summed E-state index contributed by atoms with van der Waals surface area (Å²) in [6.45, 7) is 18.8. The van der Waals surface area contributed by atoms with Crippen LogP contribution in [0.4, 0.5) is 0 Å². The molecule has 106 valence electrons. The Bertz CT molecular complexity index is 320. The first-order valence-corrected chi connectivity index (χ1v) is 9.63. The summed E-state index contributed by atoms with van der Waals surface area (Å²) in [5, 5.41) is 0.117. The first-order valence-electron chi connectivity index (χ1n) is 6.72. The molecule has 0 aromatic heterocycles. The minimum absolute atomic E-state index is 0.0565.